The van der Waals surface area contributed by atoms with E-state index < -0.39 is 0 Å². The van der Waals surface area contributed by atoms with Crippen LogP contribution in [0.15, 0.2) is 16.9 Å². The Morgan fingerprint density at radius 2 is 2.14 bits per heavy atom. The highest BCUT2D eigenvalue weighted by atomic mass is 16.1. The van der Waals surface area contributed by atoms with E-state index in [2.05, 4.69) is 10.1 Å². The highest BCUT2D eigenvalue weighted by Gasteiger charge is 2.03. The van der Waals surface area contributed by atoms with Crippen LogP contribution in [0.5, 0.6) is 0 Å². The summed E-state index contributed by atoms with van der Waals surface area (Å²) in [6.07, 6.45) is 1.67. The molecule has 0 aromatic carbocycles. The van der Waals surface area contributed by atoms with Gasteiger partial charge < -0.3 is 0 Å². The van der Waals surface area contributed by atoms with Gasteiger partial charge in [-0.2, -0.15) is 0 Å². The molecule has 4 nitrogen and oxygen atoms in total. The average Bonchev–Trinajstić information content (AvgIpc) is 2.61. The third-order valence-corrected chi connectivity index (χ3v) is 2.31. The number of fused-ring (bicyclic) bond motifs is 1. The lowest BCUT2D eigenvalue weighted by Crippen LogP contribution is -2.13. The summed E-state index contributed by atoms with van der Waals surface area (Å²) in [6.45, 7) is 4.03. The number of nitrogens with one attached hydrogen (secondary N) is 1. The maximum atomic E-state index is 11.6. The summed E-state index contributed by atoms with van der Waals surface area (Å²) < 4.78 is 1.48. The molecule has 14 heavy (non-hydrogen) atoms. The molecule has 0 amide bonds. The van der Waals surface area contributed by atoms with Gasteiger partial charge in [-0.3, -0.25) is 9.89 Å². The van der Waals surface area contributed by atoms with Gasteiger partial charge in [0.05, 0.1) is 0 Å². The summed E-state index contributed by atoms with van der Waals surface area (Å²) in [7, 11) is 0. The second-order valence-corrected chi connectivity index (χ2v) is 3.27. The Labute approximate surface area is 81.6 Å². The average molecular weight is 191 g/mol. The zero-order valence-electron chi connectivity index (χ0n) is 8.37. The molecule has 0 aliphatic rings. The van der Waals surface area contributed by atoms with Crippen LogP contribution in [0, 0.1) is 0 Å². The van der Waals surface area contributed by atoms with E-state index in [-0.39, 0.29) is 5.56 Å². The number of pyridine rings is 1. The van der Waals surface area contributed by atoms with Crippen molar-refractivity contribution in [1.29, 1.82) is 0 Å². The Morgan fingerprint density at radius 3 is 2.79 bits per heavy atom. The molecule has 2 aromatic rings. The summed E-state index contributed by atoms with van der Waals surface area (Å²) in [5.74, 6) is 0.843. The molecule has 0 spiro atoms. The molecule has 0 saturated heterocycles. The van der Waals surface area contributed by atoms with Gasteiger partial charge in [0.1, 0.15) is 5.82 Å². The van der Waals surface area contributed by atoms with Crippen molar-refractivity contribution in [3.05, 3.63) is 33.9 Å². The fraction of sp³-hybridized carbons (Fsp3) is 0.400. The Morgan fingerprint density at radius 1 is 1.36 bits per heavy atom. The van der Waals surface area contributed by atoms with Gasteiger partial charge in [0.15, 0.2) is 5.65 Å². The molecule has 2 aromatic heterocycles. The first kappa shape index (κ1) is 8.99. The van der Waals surface area contributed by atoms with Gasteiger partial charge in [0.25, 0.3) is 5.56 Å². The van der Waals surface area contributed by atoms with Crippen LogP contribution in [-0.4, -0.2) is 14.6 Å². The molecule has 1 N–H and O–H groups in total. The first-order chi connectivity index (χ1) is 6.74. The summed E-state index contributed by atoms with van der Waals surface area (Å²) in [5.41, 5.74) is 1.71. The smallest absolute Gasteiger partial charge is 0.271 e. The van der Waals surface area contributed by atoms with E-state index in [0.717, 1.165) is 24.2 Å². The predicted octanol–water partition coefficient (Wildman–Crippen LogP) is 1.15. The van der Waals surface area contributed by atoms with Gasteiger partial charge in [-0.25, -0.2) is 9.50 Å². The van der Waals surface area contributed by atoms with Crippen LogP contribution in [0.1, 0.15) is 25.2 Å². The summed E-state index contributed by atoms with van der Waals surface area (Å²) in [5, 5.41) is 2.96. The maximum absolute atomic E-state index is 11.6. The monoisotopic (exact) mass is 191 g/mol. The van der Waals surface area contributed by atoms with Crippen LogP contribution in [0.4, 0.5) is 0 Å². The van der Waals surface area contributed by atoms with Crippen molar-refractivity contribution in [2.45, 2.75) is 26.7 Å². The van der Waals surface area contributed by atoms with Crippen molar-refractivity contribution < 1.29 is 0 Å². The minimum absolute atomic E-state index is 0.0356. The molecule has 4 heteroatoms. The van der Waals surface area contributed by atoms with Crippen molar-refractivity contribution in [2.75, 3.05) is 0 Å². The lowest BCUT2D eigenvalue weighted by Gasteiger charge is -1.94. The molecule has 0 aliphatic carbocycles. The third-order valence-electron chi connectivity index (χ3n) is 2.31. The van der Waals surface area contributed by atoms with Crippen molar-refractivity contribution in [3.63, 3.8) is 0 Å². The van der Waals surface area contributed by atoms with Gasteiger partial charge >= 0.3 is 0 Å². The van der Waals surface area contributed by atoms with Crippen LogP contribution in [0.3, 0.4) is 0 Å². The first-order valence-corrected chi connectivity index (χ1v) is 4.85. The molecule has 74 valence electrons. The van der Waals surface area contributed by atoms with Crippen LogP contribution in [0.2, 0.25) is 0 Å². The minimum atomic E-state index is -0.0356. The van der Waals surface area contributed by atoms with Crippen LogP contribution >= 0.6 is 0 Å². The van der Waals surface area contributed by atoms with Crippen molar-refractivity contribution in [3.8, 4) is 0 Å². The second kappa shape index (κ2) is 3.29. The lowest BCUT2D eigenvalue weighted by molar-refractivity contribution is 0.858. The van der Waals surface area contributed by atoms with Crippen molar-refractivity contribution >= 4 is 5.65 Å². The molecule has 0 atom stereocenters. The predicted molar refractivity (Wildman–Crippen MR) is 54.6 cm³/mol. The van der Waals surface area contributed by atoms with Crippen molar-refractivity contribution in [2.24, 2.45) is 0 Å². The Bertz CT molecular complexity index is 510. The van der Waals surface area contributed by atoms with Crippen LogP contribution < -0.4 is 5.56 Å². The van der Waals surface area contributed by atoms with Gasteiger partial charge in [-0.1, -0.05) is 13.8 Å². The second-order valence-electron chi connectivity index (χ2n) is 3.27. The van der Waals surface area contributed by atoms with E-state index in [1.165, 1.54) is 4.52 Å². The topological polar surface area (TPSA) is 50.2 Å². The molecule has 0 fully saturated rings. The number of hydrogen-bond acceptors (Lipinski definition) is 2. The van der Waals surface area contributed by atoms with Gasteiger partial charge in [-0.15, -0.1) is 0 Å². The zero-order chi connectivity index (χ0) is 10.1. The van der Waals surface area contributed by atoms with E-state index in [1.54, 1.807) is 6.07 Å². The molecular weight excluding hydrogens is 178 g/mol. The van der Waals surface area contributed by atoms with Crippen LogP contribution in [0.25, 0.3) is 5.65 Å². The number of aryl methyl sites for hydroxylation is 2. The quantitative estimate of drug-likeness (QED) is 0.774. The molecule has 0 radical (unpaired) electrons. The summed E-state index contributed by atoms with van der Waals surface area (Å²) in [6, 6.07) is 3.58. The molecule has 0 unspecified atom stereocenters. The summed E-state index contributed by atoms with van der Waals surface area (Å²) in [4.78, 5) is 15.9. The van der Waals surface area contributed by atoms with Gasteiger partial charge in [0.2, 0.25) is 0 Å². The maximum Gasteiger partial charge on any atom is 0.271 e. The minimum Gasteiger partial charge on any atom is -0.276 e. The van der Waals surface area contributed by atoms with E-state index in [1.807, 2.05) is 19.9 Å². The van der Waals surface area contributed by atoms with Crippen molar-refractivity contribution in [1.82, 2.24) is 14.6 Å². The lowest BCUT2D eigenvalue weighted by atomic mass is 10.2. The van der Waals surface area contributed by atoms with E-state index in [4.69, 9.17) is 0 Å². The first-order valence-electron chi connectivity index (χ1n) is 4.85. The fourth-order valence-corrected chi connectivity index (χ4v) is 1.46. The van der Waals surface area contributed by atoms with Gasteiger partial charge in [-0.05, 0) is 18.1 Å². The number of nitrogens with zero attached hydrogens (tertiary/aromatic N) is 2. The third kappa shape index (κ3) is 1.32. The van der Waals surface area contributed by atoms with Gasteiger partial charge in [0, 0.05) is 12.5 Å². The van der Waals surface area contributed by atoms with E-state index in [9.17, 15) is 4.79 Å². The number of aromatic nitrogens is 3. The molecule has 0 aliphatic heterocycles. The zero-order valence-corrected chi connectivity index (χ0v) is 8.37. The number of hydrogen-bond donors (Lipinski definition) is 1. The highest BCUT2D eigenvalue weighted by Crippen LogP contribution is 2.03. The SMILES string of the molecule is CCc1cc(=O)n2[nH]c(CC)nc2c1. The number of H-pyrrole nitrogens is 1. The number of rotatable bonds is 2. The Hall–Kier alpha value is -1.58. The fourth-order valence-electron chi connectivity index (χ4n) is 1.46. The number of aromatic amines is 1. The largest absolute Gasteiger partial charge is 0.276 e. The van der Waals surface area contributed by atoms with E-state index in [0.29, 0.717) is 5.65 Å². The normalized spacial score (nSPS) is 11.0. The molecule has 0 bridgehead atoms. The van der Waals surface area contributed by atoms with Crippen LogP contribution in [-0.2, 0) is 12.8 Å². The molecule has 0 saturated carbocycles. The summed E-state index contributed by atoms with van der Waals surface area (Å²) >= 11 is 0. The van der Waals surface area contributed by atoms with E-state index >= 15 is 0 Å². The molecular formula is C10H13N3O. The molecule has 2 rings (SSSR count). The Kier molecular flexibility index (Phi) is 2.11. The molecule has 2 heterocycles. The highest BCUT2D eigenvalue weighted by molar-refractivity contribution is 5.40. The standard InChI is InChI=1S/C10H13N3O/c1-3-7-5-9-11-8(4-2)12-13(9)10(14)6-7/h5-6H,3-4H2,1-2H3,(H,11,12). The Balaban J connectivity index is 2.73.